The fourth-order valence-electron chi connectivity index (χ4n) is 2.83. The molecule has 0 aliphatic rings. The number of nitrogens with zero attached hydrogens (tertiary/aromatic N) is 5. The molecule has 0 radical (unpaired) electrons. The second-order valence-electron chi connectivity index (χ2n) is 6.22. The van der Waals surface area contributed by atoms with Crippen LogP contribution in [0.15, 0.2) is 24.8 Å². The van der Waals surface area contributed by atoms with Crippen molar-refractivity contribution in [1.82, 2.24) is 30.1 Å². The highest BCUT2D eigenvalue weighted by molar-refractivity contribution is 5.89. The molecular weight excluding hydrogens is 304 g/mol. The van der Waals surface area contributed by atoms with Gasteiger partial charge in [0, 0.05) is 23.5 Å². The number of aromatic amines is 1. The molecule has 1 unspecified atom stereocenters. The van der Waals surface area contributed by atoms with Crippen LogP contribution in [0.5, 0.6) is 0 Å². The number of hydrogen-bond donors (Lipinski definition) is 3. The Hall–Kier alpha value is -2.77. The lowest BCUT2D eigenvalue weighted by Gasteiger charge is -2.31. The van der Waals surface area contributed by atoms with Gasteiger partial charge in [-0.15, -0.1) is 0 Å². The van der Waals surface area contributed by atoms with E-state index in [0.717, 1.165) is 41.8 Å². The highest BCUT2D eigenvalue weighted by Crippen LogP contribution is 2.27. The first-order valence-corrected chi connectivity index (χ1v) is 8.09. The summed E-state index contributed by atoms with van der Waals surface area (Å²) in [6.45, 7) is 4.34. The summed E-state index contributed by atoms with van der Waals surface area (Å²) in [7, 11) is 0. The van der Waals surface area contributed by atoms with E-state index in [4.69, 9.17) is 5.73 Å². The minimum atomic E-state index is -0.230. The van der Waals surface area contributed by atoms with Gasteiger partial charge in [-0.2, -0.15) is 10.1 Å². The Bertz CT molecular complexity index is 801. The monoisotopic (exact) mass is 326 g/mol. The third-order valence-electron chi connectivity index (χ3n) is 4.04. The molecule has 0 aromatic carbocycles. The van der Waals surface area contributed by atoms with E-state index in [0.29, 0.717) is 6.42 Å². The number of fused-ring (bicyclic) bond motifs is 1. The van der Waals surface area contributed by atoms with Gasteiger partial charge in [0.05, 0.1) is 11.7 Å². The number of nitrogens with two attached hydrogens (primary N) is 1. The van der Waals surface area contributed by atoms with Gasteiger partial charge in [0.15, 0.2) is 0 Å². The first-order valence-electron chi connectivity index (χ1n) is 8.09. The molecule has 0 aliphatic heterocycles. The zero-order valence-corrected chi connectivity index (χ0v) is 14.0. The van der Waals surface area contributed by atoms with Crippen LogP contribution in [0.3, 0.4) is 0 Å². The summed E-state index contributed by atoms with van der Waals surface area (Å²) >= 11 is 0. The van der Waals surface area contributed by atoms with Crippen molar-refractivity contribution in [1.29, 1.82) is 0 Å². The number of pyridine rings is 1. The minimum Gasteiger partial charge on any atom is -0.368 e. The Labute approximate surface area is 140 Å². The number of anilines is 2. The van der Waals surface area contributed by atoms with Gasteiger partial charge in [-0.3, -0.25) is 10.1 Å². The van der Waals surface area contributed by atoms with E-state index < -0.39 is 0 Å². The molecule has 8 nitrogen and oxygen atoms in total. The molecule has 0 spiro atoms. The van der Waals surface area contributed by atoms with Crippen LogP contribution in [0.1, 0.15) is 38.9 Å². The van der Waals surface area contributed by atoms with Crippen LogP contribution in [0.4, 0.5) is 11.8 Å². The second-order valence-corrected chi connectivity index (χ2v) is 6.22. The van der Waals surface area contributed by atoms with Gasteiger partial charge in [-0.05, 0) is 19.4 Å². The Morgan fingerprint density at radius 2 is 2.21 bits per heavy atom. The van der Waals surface area contributed by atoms with Crippen molar-refractivity contribution >= 4 is 22.7 Å². The van der Waals surface area contributed by atoms with E-state index in [2.05, 4.69) is 49.3 Å². The first-order chi connectivity index (χ1) is 11.6. The van der Waals surface area contributed by atoms with E-state index >= 15 is 0 Å². The molecule has 0 bridgehead atoms. The fourth-order valence-corrected chi connectivity index (χ4v) is 2.83. The maximum Gasteiger partial charge on any atom is 0.222 e. The van der Waals surface area contributed by atoms with Gasteiger partial charge in [0.2, 0.25) is 5.95 Å². The van der Waals surface area contributed by atoms with Crippen molar-refractivity contribution in [3.63, 3.8) is 0 Å². The molecule has 4 N–H and O–H groups in total. The predicted molar refractivity (Wildman–Crippen MR) is 93.4 cm³/mol. The predicted octanol–water partition coefficient (Wildman–Crippen LogP) is 2.33. The van der Waals surface area contributed by atoms with Gasteiger partial charge < -0.3 is 11.1 Å². The summed E-state index contributed by atoms with van der Waals surface area (Å²) in [5.41, 5.74) is 6.36. The Morgan fingerprint density at radius 3 is 2.96 bits per heavy atom. The van der Waals surface area contributed by atoms with Gasteiger partial charge >= 0.3 is 0 Å². The molecule has 8 heteroatoms. The maximum absolute atomic E-state index is 5.86. The van der Waals surface area contributed by atoms with Gasteiger partial charge in [0.1, 0.15) is 18.0 Å². The van der Waals surface area contributed by atoms with Crippen LogP contribution in [-0.4, -0.2) is 35.7 Å². The first kappa shape index (κ1) is 16.1. The molecule has 3 rings (SSSR count). The molecule has 3 aromatic rings. The normalized spacial score (nSPS) is 13.8. The number of rotatable bonds is 7. The maximum atomic E-state index is 5.86. The molecule has 0 aliphatic carbocycles. The van der Waals surface area contributed by atoms with Crippen molar-refractivity contribution < 1.29 is 0 Å². The topological polar surface area (TPSA) is 118 Å². The highest BCUT2D eigenvalue weighted by Gasteiger charge is 2.27. The Balaban J connectivity index is 1.95. The molecule has 3 heterocycles. The van der Waals surface area contributed by atoms with Crippen LogP contribution >= 0.6 is 0 Å². The van der Waals surface area contributed by atoms with Crippen LogP contribution < -0.4 is 11.1 Å². The third kappa shape index (κ3) is 3.58. The van der Waals surface area contributed by atoms with Crippen LogP contribution in [0.2, 0.25) is 0 Å². The standard InChI is InChI=1S/C16H22N8/c1-3-4-6-16(2,8-13-19-10-20-24-13)23-14-11-5-7-18-9-12(11)21-15(17)22-14/h5,7,9-10H,3-4,6,8H2,1-2H3,(H,19,20,24)(H3,17,21,22,23). The lowest BCUT2D eigenvalue weighted by molar-refractivity contribution is 0.440. The van der Waals surface area contributed by atoms with Crippen molar-refractivity contribution in [2.45, 2.75) is 45.1 Å². The molecule has 0 fully saturated rings. The summed E-state index contributed by atoms with van der Waals surface area (Å²) in [5.74, 6) is 1.79. The van der Waals surface area contributed by atoms with Crippen molar-refractivity contribution in [3.05, 3.63) is 30.6 Å². The quantitative estimate of drug-likeness (QED) is 0.609. The van der Waals surface area contributed by atoms with E-state index in [-0.39, 0.29) is 11.5 Å². The Kier molecular flexibility index (Phi) is 4.54. The van der Waals surface area contributed by atoms with Crippen LogP contribution in [-0.2, 0) is 6.42 Å². The van der Waals surface area contributed by atoms with Gasteiger partial charge in [-0.1, -0.05) is 19.8 Å². The van der Waals surface area contributed by atoms with Crippen molar-refractivity contribution in [3.8, 4) is 0 Å². The molecule has 1 atom stereocenters. The smallest absolute Gasteiger partial charge is 0.222 e. The molecule has 0 amide bonds. The largest absolute Gasteiger partial charge is 0.368 e. The fraction of sp³-hybridized carbons (Fsp3) is 0.438. The molecule has 3 aromatic heterocycles. The summed E-state index contributed by atoms with van der Waals surface area (Å²) in [4.78, 5) is 17.0. The number of hydrogen-bond acceptors (Lipinski definition) is 7. The second kappa shape index (κ2) is 6.77. The molecule has 0 saturated carbocycles. The SMILES string of the molecule is CCCCC(C)(Cc1ncn[nH]1)Nc1nc(N)nc2cnccc12. The Morgan fingerprint density at radius 1 is 1.33 bits per heavy atom. The average molecular weight is 326 g/mol. The number of nitrogen functional groups attached to an aromatic ring is 1. The van der Waals surface area contributed by atoms with Crippen LogP contribution in [0, 0.1) is 0 Å². The number of nitrogens with one attached hydrogen (secondary N) is 2. The summed E-state index contributed by atoms with van der Waals surface area (Å²) in [6, 6.07) is 1.89. The number of unbranched alkanes of at least 4 members (excludes halogenated alkanes) is 1. The van der Waals surface area contributed by atoms with Gasteiger partial charge in [0.25, 0.3) is 0 Å². The summed E-state index contributed by atoms with van der Waals surface area (Å²) in [6.07, 6.45) is 8.84. The van der Waals surface area contributed by atoms with E-state index in [1.54, 1.807) is 12.4 Å². The number of aromatic nitrogens is 6. The third-order valence-corrected chi connectivity index (χ3v) is 4.04. The molecule has 126 valence electrons. The number of H-pyrrole nitrogens is 1. The van der Waals surface area contributed by atoms with E-state index in [9.17, 15) is 0 Å². The minimum absolute atomic E-state index is 0.230. The van der Waals surface area contributed by atoms with Crippen LogP contribution in [0.25, 0.3) is 10.9 Å². The zero-order valence-electron chi connectivity index (χ0n) is 14.0. The van der Waals surface area contributed by atoms with Crippen molar-refractivity contribution in [2.75, 3.05) is 11.1 Å². The van der Waals surface area contributed by atoms with Crippen molar-refractivity contribution in [2.24, 2.45) is 0 Å². The lowest BCUT2D eigenvalue weighted by Crippen LogP contribution is -2.38. The molecule has 24 heavy (non-hydrogen) atoms. The summed E-state index contributed by atoms with van der Waals surface area (Å²) < 4.78 is 0. The summed E-state index contributed by atoms with van der Waals surface area (Å²) in [5, 5.41) is 11.3. The molecule has 0 saturated heterocycles. The average Bonchev–Trinajstić information content (AvgIpc) is 3.05. The van der Waals surface area contributed by atoms with Gasteiger partial charge in [-0.25, -0.2) is 9.97 Å². The zero-order chi connectivity index (χ0) is 17.0. The lowest BCUT2D eigenvalue weighted by atomic mass is 9.90. The van der Waals surface area contributed by atoms with E-state index in [1.807, 2.05) is 6.07 Å². The highest BCUT2D eigenvalue weighted by atomic mass is 15.2. The molecular formula is C16H22N8. The van der Waals surface area contributed by atoms with E-state index in [1.165, 1.54) is 6.33 Å².